The molecule has 4 fully saturated rings. The normalized spacial score (nSPS) is 24.3. The summed E-state index contributed by atoms with van der Waals surface area (Å²) in [5, 5.41) is 15.6. The number of aromatic carboxylic acids is 1. The second-order valence-corrected chi connectivity index (χ2v) is 14.8. The van der Waals surface area contributed by atoms with Gasteiger partial charge >= 0.3 is 5.97 Å². The number of fused-ring (bicyclic) bond motifs is 4. The van der Waals surface area contributed by atoms with E-state index >= 15 is 0 Å². The number of carboxylic acid groups (broad SMARTS) is 1. The number of ether oxygens (including phenoxy) is 1. The van der Waals surface area contributed by atoms with Crippen molar-refractivity contribution in [3.63, 3.8) is 0 Å². The van der Waals surface area contributed by atoms with Crippen LogP contribution in [-0.2, 0) is 6.42 Å². The smallest absolute Gasteiger partial charge is 0.335 e. The Bertz CT molecular complexity index is 1610. The van der Waals surface area contributed by atoms with Gasteiger partial charge in [0.25, 0.3) is 5.19 Å². The molecule has 0 aliphatic heterocycles. The van der Waals surface area contributed by atoms with E-state index < -0.39 is 5.97 Å². The van der Waals surface area contributed by atoms with Crippen molar-refractivity contribution in [3.05, 3.63) is 63.3 Å². The van der Waals surface area contributed by atoms with E-state index in [0.29, 0.717) is 39.1 Å². The largest absolute Gasteiger partial charge is 0.478 e. The first-order valence-corrected chi connectivity index (χ1v) is 16.5. The van der Waals surface area contributed by atoms with Gasteiger partial charge in [0.15, 0.2) is 0 Å². The molecule has 1 atom stereocenters. The highest BCUT2D eigenvalue weighted by atomic mass is 35.5. The standard InChI is InChI=1S/C33H34Cl2N2O4S/c1-19(15-22-28(37-41-29(22)20-5-6-20)27-23(34)3-2-4-24(27)35)17-32-9-12-33(13-10-32,14-11-32)18-40-31-36-25-8-7-21(30(38)39)16-26(25)42-31/h2-4,7-8,16,19-20H,5-6,9-15,17-18H2,1H3,(H,38,39). The second kappa shape index (κ2) is 10.8. The van der Waals surface area contributed by atoms with Gasteiger partial charge in [0, 0.05) is 22.5 Å². The van der Waals surface area contributed by atoms with Crippen molar-refractivity contribution < 1.29 is 19.2 Å². The van der Waals surface area contributed by atoms with E-state index in [2.05, 4.69) is 17.1 Å². The molecule has 1 N–H and O–H groups in total. The number of aromatic nitrogens is 2. The lowest BCUT2D eigenvalue weighted by molar-refractivity contribution is -0.0462. The Labute approximate surface area is 259 Å². The monoisotopic (exact) mass is 624 g/mol. The minimum absolute atomic E-state index is 0.205. The first kappa shape index (κ1) is 28.2. The molecule has 4 aliphatic carbocycles. The molecular weight excluding hydrogens is 591 g/mol. The Hall–Kier alpha value is -2.61. The molecule has 6 nitrogen and oxygen atoms in total. The first-order chi connectivity index (χ1) is 20.2. The quantitative estimate of drug-likeness (QED) is 0.189. The van der Waals surface area contributed by atoms with Crippen LogP contribution >= 0.6 is 34.5 Å². The van der Waals surface area contributed by atoms with Crippen molar-refractivity contribution in [2.45, 2.75) is 77.0 Å². The summed E-state index contributed by atoms with van der Waals surface area (Å²) in [6.45, 7) is 3.05. The average molecular weight is 626 g/mol. The number of halogens is 2. The van der Waals surface area contributed by atoms with Crippen LogP contribution in [0.1, 0.15) is 92.3 Å². The number of carboxylic acids is 1. The van der Waals surface area contributed by atoms with Gasteiger partial charge < -0.3 is 14.4 Å². The van der Waals surface area contributed by atoms with Gasteiger partial charge in [0.1, 0.15) is 11.5 Å². The highest BCUT2D eigenvalue weighted by Gasteiger charge is 2.49. The third-order valence-corrected chi connectivity index (χ3v) is 11.5. The predicted octanol–water partition coefficient (Wildman–Crippen LogP) is 9.82. The molecule has 0 spiro atoms. The Morgan fingerprint density at radius 2 is 1.79 bits per heavy atom. The number of hydrogen-bond donors (Lipinski definition) is 1. The molecular formula is C33H34Cl2N2O4S. The van der Waals surface area contributed by atoms with Crippen molar-refractivity contribution in [2.75, 3.05) is 6.61 Å². The molecule has 8 rings (SSSR count). The van der Waals surface area contributed by atoms with Crippen molar-refractivity contribution in [1.82, 2.24) is 10.1 Å². The fraction of sp³-hybridized carbons (Fsp3) is 0.485. The van der Waals surface area contributed by atoms with Crippen molar-refractivity contribution in [1.29, 1.82) is 0 Å². The van der Waals surface area contributed by atoms with Gasteiger partial charge in [0.05, 0.1) is 32.4 Å². The van der Waals surface area contributed by atoms with Crippen LogP contribution in [0.3, 0.4) is 0 Å². The molecule has 42 heavy (non-hydrogen) atoms. The Morgan fingerprint density at radius 1 is 1.10 bits per heavy atom. The van der Waals surface area contributed by atoms with Crippen LogP contribution in [-0.4, -0.2) is 27.8 Å². The summed E-state index contributed by atoms with van der Waals surface area (Å²) in [7, 11) is 0. The van der Waals surface area contributed by atoms with Gasteiger partial charge in [-0.15, -0.1) is 0 Å². The Morgan fingerprint density at radius 3 is 2.45 bits per heavy atom. The summed E-state index contributed by atoms with van der Waals surface area (Å²) >= 11 is 14.6. The van der Waals surface area contributed by atoms with E-state index in [1.807, 2.05) is 18.2 Å². The maximum atomic E-state index is 11.3. The number of thiazole rings is 1. The van der Waals surface area contributed by atoms with E-state index in [4.69, 9.17) is 32.5 Å². The molecule has 2 bridgehead atoms. The van der Waals surface area contributed by atoms with E-state index in [0.717, 1.165) is 46.5 Å². The zero-order valence-corrected chi connectivity index (χ0v) is 26.0. The summed E-state index contributed by atoms with van der Waals surface area (Å²) in [4.78, 5) is 15.9. The topological polar surface area (TPSA) is 85.5 Å². The zero-order chi connectivity index (χ0) is 29.1. The summed E-state index contributed by atoms with van der Waals surface area (Å²) in [6.07, 6.45) is 11.6. The number of carbonyl (C=O) groups is 1. The summed E-state index contributed by atoms with van der Waals surface area (Å²) < 4.78 is 13.1. The molecule has 9 heteroatoms. The van der Waals surface area contributed by atoms with Crippen LogP contribution in [0.15, 0.2) is 40.9 Å². The molecule has 4 aromatic rings. The molecule has 220 valence electrons. The van der Waals surface area contributed by atoms with E-state index in [1.54, 1.807) is 18.2 Å². The molecule has 2 heterocycles. The summed E-state index contributed by atoms with van der Waals surface area (Å²) in [5.41, 5.74) is 4.44. The summed E-state index contributed by atoms with van der Waals surface area (Å²) in [6, 6.07) is 10.6. The summed E-state index contributed by atoms with van der Waals surface area (Å²) in [5.74, 6) is 1.06. The van der Waals surface area contributed by atoms with E-state index in [9.17, 15) is 9.90 Å². The molecule has 0 amide bonds. The number of hydrogen-bond acceptors (Lipinski definition) is 6. The number of nitrogens with zero attached hydrogens (tertiary/aromatic N) is 2. The van der Waals surface area contributed by atoms with Crippen LogP contribution < -0.4 is 4.74 Å². The van der Waals surface area contributed by atoms with Crippen LogP contribution in [0, 0.1) is 16.7 Å². The molecule has 2 aromatic carbocycles. The van der Waals surface area contributed by atoms with Crippen molar-refractivity contribution >= 4 is 50.7 Å². The molecule has 2 aromatic heterocycles. The zero-order valence-electron chi connectivity index (χ0n) is 23.6. The van der Waals surface area contributed by atoms with Gasteiger partial charge in [-0.1, -0.05) is 52.7 Å². The molecule has 4 saturated carbocycles. The maximum Gasteiger partial charge on any atom is 0.335 e. The van der Waals surface area contributed by atoms with Gasteiger partial charge in [0.2, 0.25) is 0 Å². The lowest BCUT2D eigenvalue weighted by Crippen LogP contribution is -2.45. The SMILES string of the molecule is CC(Cc1c(-c2c(Cl)cccc2Cl)noc1C1CC1)CC12CCC(COc3nc4ccc(C(=O)O)cc4s3)(CC1)CC2. The lowest BCUT2D eigenvalue weighted by atomic mass is 9.52. The van der Waals surface area contributed by atoms with Crippen LogP contribution in [0.5, 0.6) is 5.19 Å². The Kier molecular flexibility index (Phi) is 7.27. The Balaban J connectivity index is 1.01. The number of benzene rings is 2. The van der Waals surface area contributed by atoms with Crippen LogP contribution in [0.4, 0.5) is 0 Å². The highest BCUT2D eigenvalue weighted by Crippen LogP contribution is 2.59. The van der Waals surface area contributed by atoms with Gasteiger partial charge in [-0.2, -0.15) is 0 Å². The molecule has 0 saturated heterocycles. The maximum absolute atomic E-state index is 11.3. The predicted molar refractivity (Wildman–Crippen MR) is 166 cm³/mol. The van der Waals surface area contributed by atoms with Gasteiger partial charge in [-0.25, -0.2) is 9.78 Å². The fourth-order valence-corrected chi connectivity index (χ4v) is 8.87. The van der Waals surface area contributed by atoms with Gasteiger partial charge in [-0.3, -0.25) is 0 Å². The fourth-order valence-electron chi connectivity index (χ4n) is 7.44. The third-order valence-electron chi connectivity index (χ3n) is 9.97. The van der Waals surface area contributed by atoms with Gasteiger partial charge in [-0.05, 0) is 106 Å². The van der Waals surface area contributed by atoms with E-state index in [-0.39, 0.29) is 11.0 Å². The second-order valence-electron chi connectivity index (χ2n) is 13.0. The minimum Gasteiger partial charge on any atom is -0.478 e. The highest BCUT2D eigenvalue weighted by molar-refractivity contribution is 7.20. The van der Waals surface area contributed by atoms with Crippen molar-refractivity contribution in [3.8, 4) is 16.5 Å². The third kappa shape index (κ3) is 5.33. The molecule has 1 unspecified atom stereocenters. The first-order valence-electron chi connectivity index (χ1n) is 14.9. The average Bonchev–Trinajstić information content (AvgIpc) is 3.61. The minimum atomic E-state index is -0.927. The van der Waals surface area contributed by atoms with E-state index in [1.165, 1.54) is 61.8 Å². The molecule has 0 radical (unpaired) electrons. The van der Waals surface area contributed by atoms with Crippen molar-refractivity contribution in [2.24, 2.45) is 16.7 Å². The van der Waals surface area contributed by atoms with Crippen LogP contribution in [0.2, 0.25) is 10.0 Å². The lowest BCUT2D eigenvalue weighted by Gasteiger charge is -2.54. The molecule has 4 aliphatic rings. The van der Waals surface area contributed by atoms with Crippen LogP contribution in [0.25, 0.3) is 21.5 Å². The number of rotatable bonds is 10.